The zero-order valence-electron chi connectivity index (χ0n) is 15.3. The third-order valence-electron chi connectivity index (χ3n) is 4.01. The van der Waals surface area contributed by atoms with Gasteiger partial charge in [-0.25, -0.2) is 4.98 Å². The van der Waals surface area contributed by atoms with Crippen molar-refractivity contribution < 1.29 is 4.79 Å². The van der Waals surface area contributed by atoms with Crippen molar-refractivity contribution in [3.8, 4) is 10.6 Å². The van der Waals surface area contributed by atoms with E-state index in [0.29, 0.717) is 12.2 Å². The van der Waals surface area contributed by atoms with Crippen molar-refractivity contribution in [1.29, 1.82) is 0 Å². The summed E-state index contributed by atoms with van der Waals surface area (Å²) in [4.78, 5) is 19.0. The van der Waals surface area contributed by atoms with Gasteiger partial charge in [-0.05, 0) is 32.1 Å². The minimum atomic E-state index is -0.142. The fourth-order valence-corrected chi connectivity index (χ4v) is 3.41. The van der Waals surface area contributed by atoms with Gasteiger partial charge in [-0.2, -0.15) is 0 Å². The van der Waals surface area contributed by atoms with Crippen LogP contribution in [-0.2, 0) is 13.1 Å². The van der Waals surface area contributed by atoms with E-state index < -0.39 is 0 Å². The smallest absolute Gasteiger partial charge is 0.271 e. The molecule has 3 aromatic rings. The maximum atomic E-state index is 12.4. The Morgan fingerprint density at radius 1 is 1.04 bits per heavy atom. The Morgan fingerprint density at radius 3 is 2.35 bits per heavy atom. The lowest BCUT2D eigenvalue weighted by Gasteiger charge is -2.10. The van der Waals surface area contributed by atoms with Crippen LogP contribution in [0, 0.1) is 6.92 Å². The minimum absolute atomic E-state index is 0.142. The molecule has 134 valence electrons. The van der Waals surface area contributed by atoms with Crippen LogP contribution in [0.1, 0.15) is 27.2 Å². The number of hydrogen-bond donors (Lipinski definition) is 1. The van der Waals surface area contributed by atoms with Crippen molar-refractivity contribution in [1.82, 2.24) is 15.2 Å². The summed E-state index contributed by atoms with van der Waals surface area (Å²) in [7, 11) is 4.10. The van der Waals surface area contributed by atoms with Gasteiger partial charge >= 0.3 is 0 Å². The van der Waals surface area contributed by atoms with Crippen molar-refractivity contribution in [2.45, 2.75) is 20.0 Å². The van der Waals surface area contributed by atoms with Gasteiger partial charge in [0, 0.05) is 24.0 Å². The van der Waals surface area contributed by atoms with Crippen molar-refractivity contribution in [2.24, 2.45) is 0 Å². The van der Waals surface area contributed by atoms with E-state index in [1.54, 1.807) is 0 Å². The quantitative estimate of drug-likeness (QED) is 0.715. The fraction of sp³-hybridized carbons (Fsp3) is 0.238. The predicted octanol–water partition coefficient (Wildman–Crippen LogP) is 4.11. The molecule has 0 unspecified atom stereocenters. The van der Waals surface area contributed by atoms with Crippen LogP contribution in [0.25, 0.3) is 10.6 Å². The number of nitrogens with zero attached hydrogens (tertiary/aromatic N) is 2. The lowest BCUT2D eigenvalue weighted by molar-refractivity contribution is 0.0946. The Bertz CT molecular complexity index is 867. The van der Waals surface area contributed by atoms with E-state index in [2.05, 4.69) is 58.5 Å². The number of rotatable bonds is 6. The molecular weight excluding hydrogens is 342 g/mol. The number of benzene rings is 2. The summed E-state index contributed by atoms with van der Waals surface area (Å²) in [6.07, 6.45) is 0. The summed E-state index contributed by atoms with van der Waals surface area (Å²) in [5.74, 6) is -0.142. The zero-order valence-corrected chi connectivity index (χ0v) is 16.1. The van der Waals surface area contributed by atoms with Crippen molar-refractivity contribution >= 4 is 17.2 Å². The summed E-state index contributed by atoms with van der Waals surface area (Å²) in [6.45, 7) is 3.46. The first-order valence-electron chi connectivity index (χ1n) is 8.54. The first-order valence-corrected chi connectivity index (χ1v) is 9.42. The van der Waals surface area contributed by atoms with E-state index in [1.165, 1.54) is 22.5 Å². The normalized spacial score (nSPS) is 10.9. The average Bonchev–Trinajstić information content (AvgIpc) is 3.11. The number of carbonyl (C=O) groups is 1. The van der Waals surface area contributed by atoms with Gasteiger partial charge in [-0.15, -0.1) is 11.3 Å². The highest BCUT2D eigenvalue weighted by atomic mass is 32.1. The highest BCUT2D eigenvalue weighted by molar-refractivity contribution is 7.13. The second kappa shape index (κ2) is 8.25. The van der Waals surface area contributed by atoms with Crippen molar-refractivity contribution in [2.75, 3.05) is 14.1 Å². The highest BCUT2D eigenvalue weighted by Gasteiger charge is 2.11. The van der Waals surface area contributed by atoms with E-state index >= 15 is 0 Å². The first-order chi connectivity index (χ1) is 12.5. The van der Waals surface area contributed by atoms with Gasteiger partial charge in [-0.1, -0.05) is 54.1 Å². The van der Waals surface area contributed by atoms with Gasteiger partial charge in [0.15, 0.2) is 0 Å². The molecule has 0 atom stereocenters. The third-order valence-corrected chi connectivity index (χ3v) is 4.90. The fourth-order valence-electron chi connectivity index (χ4n) is 2.61. The number of aromatic nitrogens is 1. The van der Waals surface area contributed by atoms with Crippen LogP contribution in [0.3, 0.4) is 0 Å². The highest BCUT2D eigenvalue weighted by Crippen LogP contribution is 2.24. The molecule has 5 heteroatoms. The summed E-state index contributed by atoms with van der Waals surface area (Å²) < 4.78 is 0. The van der Waals surface area contributed by atoms with Crippen LogP contribution in [0.2, 0.25) is 0 Å². The van der Waals surface area contributed by atoms with Gasteiger partial charge in [0.05, 0.1) is 0 Å². The molecule has 26 heavy (non-hydrogen) atoms. The second-order valence-corrected chi connectivity index (χ2v) is 7.50. The topological polar surface area (TPSA) is 45.2 Å². The number of amides is 1. The summed E-state index contributed by atoms with van der Waals surface area (Å²) in [5, 5.41) is 5.62. The molecule has 0 saturated heterocycles. The molecule has 0 aliphatic heterocycles. The molecule has 0 fully saturated rings. The largest absolute Gasteiger partial charge is 0.347 e. The van der Waals surface area contributed by atoms with Gasteiger partial charge in [-0.3, -0.25) is 4.79 Å². The summed E-state index contributed by atoms with van der Waals surface area (Å²) in [5.41, 5.74) is 5.05. The Morgan fingerprint density at radius 2 is 1.69 bits per heavy atom. The molecule has 1 aromatic heterocycles. The van der Waals surface area contributed by atoms with E-state index in [-0.39, 0.29) is 5.91 Å². The van der Waals surface area contributed by atoms with Crippen LogP contribution in [0.15, 0.2) is 53.9 Å². The SMILES string of the molecule is Cc1ccc(-c2nc(C(=O)NCc3ccc(CN(C)C)cc3)cs2)cc1. The van der Waals surface area contributed by atoms with Crippen LogP contribution >= 0.6 is 11.3 Å². The standard InChI is InChI=1S/C21H23N3OS/c1-15-4-10-18(11-5-15)21-23-19(14-26-21)20(25)22-12-16-6-8-17(9-7-16)13-24(2)3/h4-11,14H,12-13H2,1-3H3,(H,22,25). The van der Waals surface area contributed by atoms with Crippen LogP contribution in [0.4, 0.5) is 0 Å². The zero-order chi connectivity index (χ0) is 18.5. The van der Waals surface area contributed by atoms with E-state index in [9.17, 15) is 4.79 Å². The number of carbonyl (C=O) groups excluding carboxylic acids is 1. The van der Waals surface area contributed by atoms with E-state index in [4.69, 9.17) is 0 Å². The second-order valence-electron chi connectivity index (χ2n) is 6.64. The maximum absolute atomic E-state index is 12.4. The molecule has 0 aliphatic carbocycles. The molecule has 0 radical (unpaired) electrons. The van der Waals surface area contributed by atoms with Crippen LogP contribution < -0.4 is 5.32 Å². The molecule has 4 nitrogen and oxygen atoms in total. The Labute approximate surface area is 158 Å². The molecule has 3 rings (SSSR count). The van der Waals surface area contributed by atoms with Gasteiger partial charge < -0.3 is 10.2 Å². The molecule has 0 aliphatic rings. The minimum Gasteiger partial charge on any atom is -0.347 e. The maximum Gasteiger partial charge on any atom is 0.271 e. The number of nitrogens with one attached hydrogen (secondary N) is 1. The van der Waals surface area contributed by atoms with E-state index in [0.717, 1.165) is 22.7 Å². The molecule has 0 spiro atoms. The Balaban J connectivity index is 1.59. The number of hydrogen-bond acceptors (Lipinski definition) is 4. The molecule has 1 amide bonds. The first kappa shape index (κ1) is 18.3. The van der Waals surface area contributed by atoms with Crippen LogP contribution in [-0.4, -0.2) is 29.9 Å². The van der Waals surface area contributed by atoms with Gasteiger partial charge in [0.1, 0.15) is 10.7 Å². The third kappa shape index (κ3) is 4.77. The number of thiazole rings is 1. The van der Waals surface area contributed by atoms with Gasteiger partial charge in [0.2, 0.25) is 0 Å². The summed E-state index contributed by atoms with van der Waals surface area (Å²) >= 11 is 1.49. The monoisotopic (exact) mass is 365 g/mol. The lowest BCUT2D eigenvalue weighted by Crippen LogP contribution is -2.23. The lowest BCUT2D eigenvalue weighted by atomic mass is 10.1. The van der Waals surface area contributed by atoms with Crippen molar-refractivity contribution in [3.63, 3.8) is 0 Å². The number of aryl methyl sites for hydroxylation is 1. The van der Waals surface area contributed by atoms with Crippen molar-refractivity contribution in [3.05, 3.63) is 76.3 Å². The molecule has 1 N–H and O–H groups in total. The average molecular weight is 366 g/mol. The van der Waals surface area contributed by atoms with Gasteiger partial charge in [0.25, 0.3) is 5.91 Å². The Kier molecular flexibility index (Phi) is 5.81. The van der Waals surface area contributed by atoms with Crippen LogP contribution in [0.5, 0.6) is 0 Å². The molecule has 2 aromatic carbocycles. The summed E-state index contributed by atoms with van der Waals surface area (Å²) in [6, 6.07) is 16.5. The van der Waals surface area contributed by atoms with E-state index in [1.807, 2.05) is 31.6 Å². The molecule has 1 heterocycles. The molecule has 0 saturated carbocycles. The molecule has 0 bridgehead atoms. The Hall–Kier alpha value is -2.50. The molecular formula is C21H23N3OS. The predicted molar refractivity (Wildman–Crippen MR) is 107 cm³/mol.